The van der Waals surface area contributed by atoms with Crippen molar-refractivity contribution in [1.82, 2.24) is 5.16 Å². The fraction of sp³-hybridized carbons (Fsp3) is 0.167. The van der Waals surface area contributed by atoms with Crippen molar-refractivity contribution < 1.29 is 19.2 Å². The Morgan fingerprint density at radius 3 is 2.89 bits per heavy atom. The Morgan fingerprint density at radius 1 is 1.50 bits per heavy atom. The monoisotopic (exact) mass is 311 g/mol. The molecule has 1 N–H and O–H groups in total. The van der Waals surface area contributed by atoms with Gasteiger partial charge in [-0.3, -0.25) is 0 Å². The molecule has 0 atom stereocenters. The van der Waals surface area contributed by atoms with E-state index in [4.69, 9.17) is 14.4 Å². The number of carboxylic acids is 1. The zero-order chi connectivity index (χ0) is 13.1. The number of aryl methyl sites for hydroxylation is 1. The van der Waals surface area contributed by atoms with Gasteiger partial charge in [-0.15, -0.1) is 0 Å². The maximum atomic E-state index is 11.0. The Kier molecular flexibility index (Phi) is 3.66. The van der Waals surface area contributed by atoms with E-state index in [1.54, 1.807) is 25.1 Å². The summed E-state index contributed by atoms with van der Waals surface area (Å²) in [5, 5.41) is 12.8. The first-order chi connectivity index (χ1) is 8.56. The van der Waals surface area contributed by atoms with Gasteiger partial charge in [0.2, 0.25) is 0 Å². The minimum Gasteiger partial charge on any atom is -0.485 e. The molecule has 0 amide bonds. The summed E-state index contributed by atoms with van der Waals surface area (Å²) in [4.78, 5) is 11.0. The SMILES string of the molecule is Cc1cc(COc2cc(Br)ccc2C(=O)O)on1. The van der Waals surface area contributed by atoms with Gasteiger partial charge in [0.1, 0.15) is 17.9 Å². The van der Waals surface area contributed by atoms with E-state index in [0.717, 1.165) is 10.2 Å². The summed E-state index contributed by atoms with van der Waals surface area (Å²) in [5.41, 5.74) is 0.857. The Balaban J connectivity index is 2.17. The van der Waals surface area contributed by atoms with Crippen LogP contribution in [0.25, 0.3) is 0 Å². The van der Waals surface area contributed by atoms with Gasteiger partial charge in [0.25, 0.3) is 0 Å². The summed E-state index contributed by atoms with van der Waals surface area (Å²) in [6.45, 7) is 1.94. The molecule has 1 aromatic carbocycles. The quantitative estimate of drug-likeness (QED) is 0.939. The second kappa shape index (κ2) is 5.22. The third kappa shape index (κ3) is 2.89. The summed E-state index contributed by atoms with van der Waals surface area (Å²) in [5.74, 6) is -0.207. The molecule has 0 saturated carbocycles. The van der Waals surface area contributed by atoms with Crippen LogP contribution in [0.4, 0.5) is 0 Å². The molecule has 5 nitrogen and oxygen atoms in total. The molecule has 94 valence electrons. The van der Waals surface area contributed by atoms with Crippen molar-refractivity contribution in [2.45, 2.75) is 13.5 Å². The van der Waals surface area contributed by atoms with Gasteiger partial charge >= 0.3 is 5.97 Å². The molecular weight excluding hydrogens is 302 g/mol. The van der Waals surface area contributed by atoms with Crippen molar-refractivity contribution in [3.8, 4) is 5.75 Å². The molecule has 0 aliphatic rings. The molecule has 0 aliphatic carbocycles. The number of halogens is 1. The van der Waals surface area contributed by atoms with E-state index in [1.807, 2.05) is 0 Å². The number of aromatic nitrogens is 1. The van der Waals surface area contributed by atoms with Gasteiger partial charge in [0, 0.05) is 10.5 Å². The fourth-order valence-corrected chi connectivity index (χ4v) is 1.77. The van der Waals surface area contributed by atoms with Crippen LogP contribution in [0.3, 0.4) is 0 Å². The third-order valence-corrected chi connectivity index (χ3v) is 2.71. The van der Waals surface area contributed by atoms with Crippen molar-refractivity contribution in [2.24, 2.45) is 0 Å². The van der Waals surface area contributed by atoms with Crippen LogP contribution in [-0.2, 0) is 6.61 Å². The van der Waals surface area contributed by atoms with E-state index in [9.17, 15) is 4.79 Å². The lowest BCUT2D eigenvalue weighted by Gasteiger charge is -2.07. The predicted octanol–water partition coefficient (Wildman–Crippen LogP) is 3.02. The summed E-state index contributed by atoms with van der Waals surface area (Å²) < 4.78 is 11.2. The molecule has 0 spiro atoms. The number of ether oxygens (including phenoxy) is 1. The standard InChI is InChI=1S/C12H10BrNO4/c1-7-4-9(18-14-7)6-17-11-5-8(13)2-3-10(11)12(15)16/h2-5H,6H2,1H3,(H,15,16). The smallest absolute Gasteiger partial charge is 0.339 e. The molecule has 18 heavy (non-hydrogen) atoms. The predicted molar refractivity (Wildman–Crippen MR) is 66.7 cm³/mol. The first-order valence-corrected chi connectivity index (χ1v) is 5.93. The molecule has 0 bridgehead atoms. The van der Waals surface area contributed by atoms with Crippen LogP contribution < -0.4 is 4.74 Å². The van der Waals surface area contributed by atoms with Crippen LogP contribution in [-0.4, -0.2) is 16.2 Å². The van der Waals surface area contributed by atoms with Crippen molar-refractivity contribution in [3.63, 3.8) is 0 Å². The number of carbonyl (C=O) groups is 1. The van der Waals surface area contributed by atoms with Crippen molar-refractivity contribution in [2.75, 3.05) is 0 Å². The number of aromatic carboxylic acids is 1. The molecule has 0 aliphatic heterocycles. The fourth-order valence-electron chi connectivity index (χ4n) is 1.43. The van der Waals surface area contributed by atoms with Gasteiger partial charge in [-0.25, -0.2) is 4.79 Å². The Hall–Kier alpha value is -1.82. The highest BCUT2D eigenvalue weighted by atomic mass is 79.9. The molecule has 0 unspecified atom stereocenters. The van der Waals surface area contributed by atoms with E-state index in [-0.39, 0.29) is 17.9 Å². The third-order valence-electron chi connectivity index (χ3n) is 2.22. The Bertz CT molecular complexity index is 579. The average Bonchev–Trinajstić information content (AvgIpc) is 2.72. The molecule has 0 fully saturated rings. The van der Waals surface area contributed by atoms with Crippen LogP contribution in [0.1, 0.15) is 21.8 Å². The average molecular weight is 312 g/mol. The van der Waals surface area contributed by atoms with Crippen LogP contribution >= 0.6 is 15.9 Å². The lowest BCUT2D eigenvalue weighted by Crippen LogP contribution is -2.03. The highest BCUT2D eigenvalue weighted by molar-refractivity contribution is 9.10. The van der Waals surface area contributed by atoms with Gasteiger partial charge in [-0.1, -0.05) is 21.1 Å². The number of nitrogens with zero attached hydrogens (tertiary/aromatic N) is 1. The van der Waals surface area contributed by atoms with Crippen molar-refractivity contribution >= 4 is 21.9 Å². The van der Waals surface area contributed by atoms with Crippen LogP contribution in [0.5, 0.6) is 5.75 Å². The number of carboxylic acid groups (broad SMARTS) is 1. The van der Waals surface area contributed by atoms with Crippen LogP contribution in [0, 0.1) is 6.92 Å². The maximum absolute atomic E-state index is 11.0. The Labute approximate surface area is 111 Å². The van der Waals surface area contributed by atoms with Crippen LogP contribution in [0.15, 0.2) is 33.3 Å². The molecule has 1 aromatic heterocycles. The number of hydrogen-bond donors (Lipinski definition) is 1. The van der Waals surface area contributed by atoms with Gasteiger partial charge in [-0.05, 0) is 25.1 Å². The molecule has 2 aromatic rings. The van der Waals surface area contributed by atoms with Gasteiger partial charge in [-0.2, -0.15) is 0 Å². The molecule has 6 heteroatoms. The van der Waals surface area contributed by atoms with Crippen molar-refractivity contribution in [3.05, 3.63) is 45.8 Å². The summed E-state index contributed by atoms with van der Waals surface area (Å²) in [6, 6.07) is 6.47. The normalized spacial score (nSPS) is 10.3. The number of hydrogen-bond acceptors (Lipinski definition) is 4. The van der Waals surface area contributed by atoms with E-state index < -0.39 is 5.97 Å². The lowest BCUT2D eigenvalue weighted by atomic mass is 10.2. The first kappa shape index (κ1) is 12.6. The second-order valence-corrected chi connectivity index (χ2v) is 4.58. The largest absolute Gasteiger partial charge is 0.485 e. The van der Waals surface area contributed by atoms with Gasteiger partial charge < -0.3 is 14.4 Å². The summed E-state index contributed by atoms with van der Waals surface area (Å²) in [7, 11) is 0. The second-order valence-electron chi connectivity index (χ2n) is 3.67. The number of benzene rings is 1. The minimum absolute atomic E-state index is 0.106. The van der Waals surface area contributed by atoms with E-state index >= 15 is 0 Å². The Morgan fingerprint density at radius 2 is 2.28 bits per heavy atom. The van der Waals surface area contributed by atoms with E-state index in [1.165, 1.54) is 6.07 Å². The zero-order valence-electron chi connectivity index (χ0n) is 9.51. The van der Waals surface area contributed by atoms with Gasteiger partial charge in [0.05, 0.1) is 5.69 Å². The molecule has 0 saturated heterocycles. The first-order valence-electron chi connectivity index (χ1n) is 5.14. The summed E-state index contributed by atoms with van der Waals surface area (Å²) >= 11 is 3.27. The summed E-state index contributed by atoms with van der Waals surface area (Å²) in [6.07, 6.45) is 0. The molecule has 2 rings (SSSR count). The minimum atomic E-state index is -1.04. The topological polar surface area (TPSA) is 72.6 Å². The molecular formula is C12H10BrNO4. The molecule has 1 heterocycles. The highest BCUT2D eigenvalue weighted by Gasteiger charge is 2.12. The van der Waals surface area contributed by atoms with Crippen LogP contribution in [0.2, 0.25) is 0 Å². The molecule has 0 radical (unpaired) electrons. The van der Waals surface area contributed by atoms with Gasteiger partial charge in [0.15, 0.2) is 5.76 Å². The highest BCUT2D eigenvalue weighted by Crippen LogP contribution is 2.24. The van der Waals surface area contributed by atoms with Crippen molar-refractivity contribution in [1.29, 1.82) is 0 Å². The maximum Gasteiger partial charge on any atom is 0.339 e. The number of rotatable bonds is 4. The zero-order valence-corrected chi connectivity index (χ0v) is 11.1. The van der Waals surface area contributed by atoms with E-state index in [2.05, 4.69) is 21.1 Å². The van der Waals surface area contributed by atoms with E-state index in [0.29, 0.717) is 5.76 Å². The lowest BCUT2D eigenvalue weighted by molar-refractivity contribution is 0.0691.